The van der Waals surface area contributed by atoms with Crippen molar-refractivity contribution in [2.45, 2.75) is 32.6 Å². The van der Waals surface area contributed by atoms with Crippen LogP contribution in [-0.4, -0.2) is 10.9 Å². The number of ketones is 1. The van der Waals surface area contributed by atoms with Gasteiger partial charge >= 0.3 is 0 Å². The highest BCUT2D eigenvalue weighted by Gasteiger charge is 2.40. The predicted molar refractivity (Wildman–Crippen MR) is 97.5 cm³/mol. The van der Waals surface area contributed by atoms with Crippen molar-refractivity contribution in [2.24, 2.45) is 5.41 Å². The van der Waals surface area contributed by atoms with Crippen LogP contribution in [0.1, 0.15) is 43.7 Å². The molecule has 128 valence electrons. The van der Waals surface area contributed by atoms with Crippen molar-refractivity contribution < 1.29 is 14.6 Å². The van der Waals surface area contributed by atoms with Gasteiger partial charge in [-0.3, -0.25) is 4.79 Å². The smallest absolute Gasteiger partial charge is 0.163 e. The number of hydrogen-bond donors (Lipinski definition) is 1. The van der Waals surface area contributed by atoms with E-state index in [-0.39, 0.29) is 22.9 Å². The first-order valence-corrected chi connectivity index (χ1v) is 8.75. The molecular weight excluding hydrogens is 336 g/mol. The van der Waals surface area contributed by atoms with Gasteiger partial charge in [0.25, 0.3) is 0 Å². The molecule has 0 saturated heterocycles. The number of allylic oxidation sites excluding steroid dienone is 2. The summed E-state index contributed by atoms with van der Waals surface area (Å²) in [5.41, 5.74) is 1.94. The molecule has 0 spiro atoms. The number of benzene rings is 2. The highest BCUT2D eigenvalue weighted by Crippen LogP contribution is 2.51. The van der Waals surface area contributed by atoms with Crippen LogP contribution in [0.25, 0.3) is 0 Å². The summed E-state index contributed by atoms with van der Waals surface area (Å²) in [6, 6.07) is 13.0. The van der Waals surface area contributed by atoms with Crippen LogP contribution >= 0.6 is 11.6 Å². The zero-order chi connectivity index (χ0) is 17.8. The number of aliphatic hydroxyl groups is 1. The summed E-state index contributed by atoms with van der Waals surface area (Å²) >= 11 is 6.21. The number of para-hydroxylation sites is 1. The number of rotatable bonds is 1. The minimum Gasteiger partial charge on any atom is -0.512 e. The van der Waals surface area contributed by atoms with Gasteiger partial charge in [0.15, 0.2) is 5.78 Å². The normalized spacial score (nSPS) is 21.4. The third-order valence-corrected chi connectivity index (χ3v) is 5.15. The van der Waals surface area contributed by atoms with E-state index in [1.54, 1.807) is 6.07 Å². The van der Waals surface area contributed by atoms with E-state index in [1.165, 1.54) is 0 Å². The summed E-state index contributed by atoms with van der Waals surface area (Å²) in [4.78, 5) is 12.9. The number of hydrogen-bond acceptors (Lipinski definition) is 3. The van der Waals surface area contributed by atoms with Gasteiger partial charge in [-0.05, 0) is 29.7 Å². The summed E-state index contributed by atoms with van der Waals surface area (Å²) in [6.07, 6.45) is 0.908. The van der Waals surface area contributed by atoms with Crippen molar-refractivity contribution in [3.63, 3.8) is 0 Å². The second-order valence-electron chi connectivity index (χ2n) is 7.56. The molecule has 2 aromatic carbocycles. The largest absolute Gasteiger partial charge is 0.512 e. The predicted octanol–water partition coefficient (Wildman–Crippen LogP) is 5.78. The summed E-state index contributed by atoms with van der Waals surface area (Å²) in [5, 5.41) is 11.3. The van der Waals surface area contributed by atoms with Gasteiger partial charge in [0, 0.05) is 40.5 Å². The average Bonchev–Trinajstić information content (AvgIpc) is 2.53. The Labute approximate surface area is 151 Å². The van der Waals surface area contributed by atoms with E-state index >= 15 is 0 Å². The number of carbonyl (C=O) groups excluding carboxylic acids is 1. The summed E-state index contributed by atoms with van der Waals surface area (Å²) < 4.78 is 5.99. The number of ether oxygens (including phenoxy) is 1. The minimum atomic E-state index is -0.359. The molecule has 1 heterocycles. The van der Waals surface area contributed by atoms with Crippen LogP contribution in [0, 0.1) is 5.41 Å². The van der Waals surface area contributed by atoms with Crippen molar-refractivity contribution in [3.05, 3.63) is 69.9 Å². The molecule has 4 heteroatoms. The average molecular weight is 355 g/mol. The van der Waals surface area contributed by atoms with Gasteiger partial charge < -0.3 is 9.84 Å². The zero-order valence-electron chi connectivity index (χ0n) is 14.2. The van der Waals surface area contributed by atoms with Crippen LogP contribution in [0.15, 0.2) is 53.8 Å². The third kappa shape index (κ3) is 2.73. The fourth-order valence-electron chi connectivity index (χ4n) is 3.88. The highest BCUT2D eigenvalue weighted by molar-refractivity contribution is 6.30. The maximum Gasteiger partial charge on any atom is 0.163 e. The van der Waals surface area contributed by atoms with Gasteiger partial charge in [-0.25, -0.2) is 0 Å². The van der Waals surface area contributed by atoms with E-state index in [2.05, 4.69) is 0 Å². The summed E-state index contributed by atoms with van der Waals surface area (Å²) in [5.74, 6) is 1.18. The lowest BCUT2D eigenvalue weighted by Gasteiger charge is -2.35. The lowest BCUT2D eigenvalue weighted by atomic mass is 9.70. The summed E-state index contributed by atoms with van der Waals surface area (Å²) in [7, 11) is 0. The van der Waals surface area contributed by atoms with Crippen molar-refractivity contribution in [2.75, 3.05) is 0 Å². The van der Waals surface area contributed by atoms with E-state index in [1.807, 2.05) is 50.2 Å². The number of halogens is 1. The van der Waals surface area contributed by atoms with E-state index < -0.39 is 0 Å². The molecule has 0 aromatic heterocycles. The molecule has 25 heavy (non-hydrogen) atoms. The second-order valence-corrected chi connectivity index (χ2v) is 7.99. The molecule has 4 rings (SSSR count). The Balaban J connectivity index is 1.96. The molecule has 1 atom stereocenters. The quantitative estimate of drug-likeness (QED) is 0.706. The maximum atomic E-state index is 12.9. The Hall–Kier alpha value is -2.26. The maximum absolute atomic E-state index is 12.9. The van der Waals surface area contributed by atoms with Crippen LogP contribution in [0.4, 0.5) is 0 Å². The van der Waals surface area contributed by atoms with E-state index in [4.69, 9.17) is 16.3 Å². The second kappa shape index (κ2) is 5.63. The molecule has 2 aromatic rings. The Morgan fingerprint density at radius 2 is 1.80 bits per heavy atom. The van der Waals surface area contributed by atoms with E-state index in [9.17, 15) is 9.90 Å². The Bertz CT molecular complexity index is 911. The van der Waals surface area contributed by atoms with Crippen molar-refractivity contribution in [1.29, 1.82) is 0 Å². The standard InChI is InChI=1S/C21H19ClO3/c1-21(2)10-15(23)20(16(24)11-21)19-13-5-3-4-6-17(13)25-18-8-7-12(22)9-14(18)19/h3-9,19,23H,10-11H2,1-2H3/t19-/m0/s1. The first-order valence-electron chi connectivity index (χ1n) is 8.37. The molecule has 0 fully saturated rings. The molecule has 0 saturated carbocycles. The van der Waals surface area contributed by atoms with Crippen molar-refractivity contribution in [3.8, 4) is 11.5 Å². The minimum absolute atomic E-state index is 0.0126. The zero-order valence-corrected chi connectivity index (χ0v) is 14.9. The number of carbonyl (C=O) groups is 1. The Kier molecular flexibility index (Phi) is 3.66. The highest BCUT2D eigenvalue weighted by atomic mass is 35.5. The van der Waals surface area contributed by atoms with Gasteiger partial charge in [-0.15, -0.1) is 0 Å². The molecule has 0 bridgehead atoms. The number of aliphatic hydroxyl groups excluding tert-OH is 1. The van der Waals surface area contributed by atoms with Crippen molar-refractivity contribution in [1.82, 2.24) is 0 Å². The van der Waals surface area contributed by atoms with Gasteiger partial charge in [0.1, 0.15) is 17.3 Å². The molecule has 3 nitrogen and oxygen atoms in total. The van der Waals surface area contributed by atoms with Crippen LogP contribution in [0.2, 0.25) is 5.02 Å². The number of Topliss-reactive ketones (excluding diaryl/α,β-unsaturated/α-hetero) is 1. The fourth-order valence-corrected chi connectivity index (χ4v) is 4.06. The van der Waals surface area contributed by atoms with E-state index in [0.29, 0.717) is 34.9 Å². The Morgan fingerprint density at radius 3 is 2.56 bits per heavy atom. The first-order chi connectivity index (χ1) is 11.9. The van der Waals surface area contributed by atoms with Crippen molar-refractivity contribution >= 4 is 17.4 Å². The monoisotopic (exact) mass is 354 g/mol. The lowest BCUT2D eigenvalue weighted by Crippen LogP contribution is -2.29. The molecule has 0 radical (unpaired) electrons. The third-order valence-electron chi connectivity index (χ3n) is 4.92. The van der Waals surface area contributed by atoms with E-state index in [0.717, 1.165) is 11.1 Å². The molecular formula is C21H19ClO3. The van der Waals surface area contributed by atoms with Gasteiger partial charge in [-0.2, -0.15) is 0 Å². The molecule has 0 amide bonds. The van der Waals surface area contributed by atoms with Gasteiger partial charge in [0.05, 0.1) is 0 Å². The van der Waals surface area contributed by atoms with Crippen LogP contribution in [-0.2, 0) is 4.79 Å². The molecule has 1 aliphatic heterocycles. The van der Waals surface area contributed by atoms with Crippen LogP contribution in [0.5, 0.6) is 11.5 Å². The summed E-state index contributed by atoms with van der Waals surface area (Å²) in [6.45, 7) is 4.00. The topological polar surface area (TPSA) is 46.5 Å². The van der Waals surface area contributed by atoms with Gasteiger partial charge in [0.2, 0.25) is 0 Å². The van der Waals surface area contributed by atoms with Crippen LogP contribution < -0.4 is 4.74 Å². The molecule has 2 aliphatic rings. The SMILES string of the molecule is CC1(C)CC(=O)C([C@H]2c3ccccc3Oc3ccc(Cl)cc32)=C(O)C1. The van der Waals surface area contributed by atoms with Gasteiger partial charge in [-0.1, -0.05) is 43.6 Å². The molecule has 1 N–H and O–H groups in total. The Morgan fingerprint density at radius 1 is 1.08 bits per heavy atom. The number of fused-ring (bicyclic) bond motifs is 2. The van der Waals surface area contributed by atoms with Crippen LogP contribution in [0.3, 0.4) is 0 Å². The fraction of sp³-hybridized carbons (Fsp3) is 0.286. The molecule has 1 aliphatic carbocycles. The molecule has 0 unspecified atom stereocenters. The first kappa shape index (κ1) is 16.2. The lowest BCUT2D eigenvalue weighted by molar-refractivity contribution is -0.118.